The number of nitrogens with one attached hydrogen (secondary N) is 1. The van der Waals surface area contributed by atoms with Crippen LogP contribution in [0.25, 0.3) is 5.82 Å². The number of hydrogen-bond donors (Lipinski definition) is 1. The van der Waals surface area contributed by atoms with Crippen LogP contribution in [0.15, 0.2) is 48.9 Å². The molecule has 3 aromatic rings. The summed E-state index contributed by atoms with van der Waals surface area (Å²) in [5, 5.41) is 7.52. The van der Waals surface area contributed by atoms with Gasteiger partial charge in [-0.2, -0.15) is 5.10 Å². The van der Waals surface area contributed by atoms with Crippen LogP contribution in [0, 0.1) is 6.92 Å². The fourth-order valence-corrected chi connectivity index (χ4v) is 2.57. The first-order valence-electron chi connectivity index (χ1n) is 6.79. The Morgan fingerprint density at radius 3 is 2.68 bits per heavy atom. The van der Waals surface area contributed by atoms with Crippen molar-refractivity contribution >= 4 is 23.2 Å². The molecular weight excluding hydrogens is 300 g/mol. The van der Waals surface area contributed by atoms with Crippen LogP contribution in [0.2, 0.25) is 5.02 Å². The minimum absolute atomic E-state index is 0.248. The van der Waals surface area contributed by atoms with Crippen LogP contribution >= 0.6 is 11.6 Å². The normalized spacial score (nSPS) is 10.7. The molecule has 5 nitrogen and oxygen atoms in total. The van der Waals surface area contributed by atoms with Crippen LogP contribution in [-0.4, -0.2) is 20.3 Å². The third-order valence-corrected chi connectivity index (χ3v) is 3.69. The number of amides is 1. The molecule has 3 rings (SSSR count). The quantitative estimate of drug-likeness (QED) is 0.805. The van der Waals surface area contributed by atoms with Crippen LogP contribution in [0.1, 0.15) is 15.9 Å². The van der Waals surface area contributed by atoms with E-state index in [-0.39, 0.29) is 5.91 Å². The number of nitrogens with zero attached hydrogens (tertiary/aromatic N) is 3. The number of anilines is 1. The lowest BCUT2D eigenvalue weighted by molar-refractivity contribution is 0.102. The summed E-state index contributed by atoms with van der Waals surface area (Å²) in [6.07, 6.45) is 5.28. The van der Waals surface area contributed by atoms with Gasteiger partial charge in [-0.1, -0.05) is 17.7 Å². The molecule has 0 atom stereocenters. The molecule has 1 amide bonds. The highest BCUT2D eigenvalue weighted by Gasteiger charge is 2.18. The second kappa shape index (κ2) is 5.69. The van der Waals surface area contributed by atoms with Gasteiger partial charge < -0.3 is 9.88 Å². The fraction of sp³-hybridized carbons (Fsp3) is 0.125. The zero-order valence-corrected chi connectivity index (χ0v) is 13.0. The van der Waals surface area contributed by atoms with Gasteiger partial charge in [0.25, 0.3) is 5.91 Å². The predicted molar refractivity (Wildman–Crippen MR) is 86.7 cm³/mol. The topological polar surface area (TPSA) is 51.9 Å². The summed E-state index contributed by atoms with van der Waals surface area (Å²) in [7, 11) is 1.80. The number of hydrogen-bond acceptors (Lipinski definition) is 2. The first-order chi connectivity index (χ1) is 10.6. The Labute approximate surface area is 133 Å². The Morgan fingerprint density at radius 2 is 2.00 bits per heavy atom. The first kappa shape index (κ1) is 14.4. The lowest BCUT2D eigenvalue weighted by atomic mass is 10.2. The molecule has 0 aliphatic rings. The SMILES string of the molecule is Cc1ccc(NC(=O)c2cnn(C)c2-n2cccc2)c(Cl)c1. The Kier molecular flexibility index (Phi) is 3.73. The van der Waals surface area contributed by atoms with Gasteiger partial charge in [-0.05, 0) is 36.8 Å². The largest absolute Gasteiger partial charge is 0.320 e. The smallest absolute Gasteiger partial charge is 0.261 e. The number of rotatable bonds is 3. The van der Waals surface area contributed by atoms with Gasteiger partial charge in [0.1, 0.15) is 11.4 Å². The van der Waals surface area contributed by atoms with Crippen molar-refractivity contribution in [2.24, 2.45) is 7.05 Å². The molecule has 0 spiro atoms. The molecule has 0 bridgehead atoms. The fourth-order valence-electron chi connectivity index (χ4n) is 2.28. The summed E-state index contributed by atoms with van der Waals surface area (Å²) < 4.78 is 3.50. The molecule has 6 heteroatoms. The molecule has 0 aliphatic heterocycles. The summed E-state index contributed by atoms with van der Waals surface area (Å²) >= 11 is 6.16. The molecule has 0 radical (unpaired) electrons. The molecule has 0 saturated heterocycles. The number of benzene rings is 1. The molecule has 2 aromatic heterocycles. The summed E-state index contributed by atoms with van der Waals surface area (Å²) in [4.78, 5) is 12.5. The number of aryl methyl sites for hydroxylation is 2. The van der Waals surface area contributed by atoms with Crippen LogP contribution < -0.4 is 5.32 Å². The Morgan fingerprint density at radius 1 is 1.27 bits per heavy atom. The zero-order chi connectivity index (χ0) is 15.7. The van der Waals surface area contributed by atoms with Crippen LogP contribution in [0.5, 0.6) is 0 Å². The minimum atomic E-state index is -0.248. The molecule has 0 saturated carbocycles. The van der Waals surface area contributed by atoms with Gasteiger partial charge >= 0.3 is 0 Å². The standard InChI is InChI=1S/C16H15ClN4O/c1-11-5-6-14(13(17)9-11)19-15(22)12-10-18-20(2)16(12)21-7-3-4-8-21/h3-10H,1-2H3,(H,19,22). The highest BCUT2D eigenvalue weighted by molar-refractivity contribution is 6.34. The monoisotopic (exact) mass is 314 g/mol. The third kappa shape index (κ3) is 2.63. The van der Waals surface area contributed by atoms with Crippen LogP contribution in [-0.2, 0) is 7.05 Å². The van der Waals surface area contributed by atoms with E-state index in [1.54, 1.807) is 24.0 Å². The van der Waals surface area contributed by atoms with Gasteiger partial charge in [0, 0.05) is 19.4 Å². The summed E-state index contributed by atoms with van der Waals surface area (Å²) in [5.74, 6) is 0.452. The van der Waals surface area contributed by atoms with E-state index in [9.17, 15) is 4.79 Å². The third-order valence-electron chi connectivity index (χ3n) is 3.37. The Bertz CT molecular complexity index is 821. The lowest BCUT2D eigenvalue weighted by Gasteiger charge is -2.10. The van der Waals surface area contributed by atoms with Crippen molar-refractivity contribution in [3.63, 3.8) is 0 Å². The average molecular weight is 315 g/mol. The molecular formula is C16H15ClN4O. The van der Waals surface area contributed by atoms with Crippen LogP contribution in [0.4, 0.5) is 5.69 Å². The summed E-state index contributed by atoms with van der Waals surface area (Å²) in [6.45, 7) is 1.95. The molecule has 1 N–H and O–H groups in total. The van der Waals surface area contributed by atoms with Crippen molar-refractivity contribution in [1.29, 1.82) is 0 Å². The van der Waals surface area contributed by atoms with Crippen molar-refractivity contribution in [1.82, 2.24) is 14.3 Å². The number of carbonyl (C=O) groups is 1. The van der Waals surface area contributed by atoms with E-state index >= 15 is 0 Å². The highest BCUT2D eigenvalue weighted by atomic mass is 35.5. The number of carbonyl (C=O) groups excluding carboxylic acids is 1. The molecule has 1 aromatic carbocycles. The molecule has 0 unspecified atom stereocenters. The molecule has 0 aliphatic carbocycles. The van der Waals surface area contributed by atoms with E-state index in [0.717, 1.165) is 5.56 Å². The maximum atomic E-state index is 12.5. The van der Waals surface area contributed by atoms with Crippen molar-refractivity contribution in [2.45, 2.75) is 6.92 Å². The molecule has 22 heavy (non-hydrogen) atoms. The first-order valence-corrected chi connectivity index (χ1v) is 7.17. The second-order valence-corrected chi connectivity index (χ2v) is 5.44. The van der Waals surface area contributed by atoms with E-state index in [0.29, 0.717) is 22.1 Å². The predicted octanol–water partition coefficient (Wildman–Crippen LogP) is 3.42. The Balaban J connectivity index is 1.93. The van der Waals surface area contributed by atoms with Crippen molar-refractivity contribution in [2.75, 3.05) is 5.32 Å². The lowest BCUT2D eigenvalue weighted by Crippen LogP contribution is -2.15. The van der Waals surface area contributed by atoms with Crippen molar-refractivity contribution < 1.29 is 4.79 Å². The van der Waals surface area contributed by atoms with Crippen molar-refractivity contribution in [3.8, 4) is 5.82 Å². The minimum Gasteiger partial charge on any atom is -0.320 e. The zero-order valence-electron chi connectivity index (χ0n) is 12.2. The van der Waals surface area contributed by atoms with Gasteiger partial charge in [0.05, 0.1) is 16.9 Å². The molecule has 0 fully saturated rings. The average Bonchev–Trinajstić information content (AvgIpc) is 3.10. The highest BCUT2D eigenvalue weighted by Crippen LogP contribution is 2.24. The number of aromatic nitrogens is 3. The van der Waals surface area contributed by atoms with Gasteiger partial charge in [0.15, 0.2) is 0 Å². The van der Waals surface area contributed by atoms with Gasteiger partial charge in [-0.3, -0.25) is 9.48 Å². The Hall–Kier alpha value is -2.53. The number of halogens is 1. The van der Waals surface area contributed by atoms with Gasteiger partial charge in [-0.25, -0.2) is 0 Å². The summed E-state index contributed by atoms with van der Waals surface area (Å²) in [6, 6.07) is 9.29. The van der Waals surface area contributed by atoms with E-state index in [1.165, 1.54) is 0 Å². The molecule has 112 valence electrons. The maximum Gasteiger partial charge on any atom is 0.261 e. The van der Waals surface area contributed by atoms with E-state index in [4.69, 9.17) is 11.6 Å². The van der Waals surface area contributed by atoms with E-state index < -0.39 is 0 Å². The summed E-state index contributed by atoms with van der Waals surface area (Å²) in [5.41, 5.74) is 2.10. The van der Waals surface area contributed by atoms with Gasteiger partial charge in [0.2, 0.25) is 0 Å². The second-order valence-electron chi connectivity index (χ2n) is 5.03. The van der Waals surface area contributed by atoms with E-state index in [2.05, 4.69) is 10.4 Å². The van der Waals surface area contributed by atoms with Crippen LogP contribution in [0.3, 0.4) is 0 Å². The maximum absolute atomic E-state index is 12.5. The molecule has 2 heterocycles. The van der Waals surface area contributed by atoms with Crippen molar-refractivity contribution in [3.05, 3.63) is 65.1 Å². The van der Waals surface area contributed by atoms with Gasteiger partial charge in [-0.15, -0.1) is 0 Å². The van der Waals surface area contributed by atoms with E-state index in [1.807, 2.05) is 48.1 Å².